The molecule has 2 saturated heterocycles. The number of likely N-dealkylation sites (tertiary alicyclic amines) is 2. The van der Waals surface area contributed by atoms with Crippen molar-refractivity contribution in [3.8, 4) is 11.5 Å². The molecule has 2 atom stereocenters. The third kappa shape index (κ3) is 5.19. The van der Waals surface area contributed by atoms with Gasteiger partial charge in [-0.25, -0.2) is 9.37 Å². The number of ether oxygens (including phenoxy) is 2. The molecule has 0 aliphatic carbocycles. The van der Waals surface area contributed by atoms with Crippen LogP contribution in [-0.4, -0.2) is 71.5 Å². The van der Waals surface area contributed by atoms with E-state index in [4.69, 9.17) is 14.5 Å². The van der Waals surface area contributed by atoms with Crippen molar-refractivity contribution < 1.29 is 23.5 Å². The summed E-state index contributed by atoms with van der Waals surface area (Å²) >= 11 is 1.28. The second kappa shape index (κ2) is 11.0. The molecule has 9 nitrogen and oxygen atoms in total. The third-order valence-electron chi connectivity index (χ3n) is 8.18. The number of nitrogens with one attached hydrogen (secondary N) is 2. The van der Waals surface area contributed by atoms with Crippen molar-refractivity contribution in [3.05, 3.63) is 76.5 Å². The number of halogens is 1. The number of benzene rings is 2. The predicted molar refractivity (Wildman–Crippen MR) is 159 cm³/mol. The van der Waals surface area contributed by atoms with Crippen LogP contribution in [-0.2, 0) is 6.54 Å². The minimum absolute atomic E-state index is 0.0312. The van der Waals surface area contributed by atoms with Gasteiger partial charge in [0.1, 0.15) is 23.9 Å². The lowest BCUT2D eigenvalue weighted by molar-refractivity contribution is 0.102. The van der Waals surface area contributed by atoms with Crippen LogP contribution in [0, 0.1) is 5.82 Å². The zero-order valence-electron chi connectivity index (χ0n) is 23.1. The largest absolute Gasteiger partial charge is 0.486 e. The van der Waals surface area contributed by atoms with Crippen molar-refractivity contribution in [2.75, 3.05) is 43.5 Å². The molecule has 0 saturated carbocycles. The monoisotopic (exact) mass is 587 g/mol. The summed E-state index contributed by atoms with van der Waals surface area (Å²) in [5.74, 6) is -0.364. The smallest absolute Gasteiger partial charge is 0.265 e. The molecule has 0 spiro atoms. The first-order valence-corrected chi connectivity index (χ1v) is 14.9. The highest BCUT2D eigenvalue weighted by Crippen LogP contribution is 2.33. The summed E-state index contributed by atoms with van der Waals surface area (Å²) in [5.41, 5.74) is 1.66. The van der Waals surface area contributed by atoms with E-state index >= 15 is 0 Å². The fourth-order valence-corrected chi connectivity index (χ4v) is 6.99. The number of thiophene rings is 1. The Morgan fingerprint density at radius 1 is 0.952 bits per heavy atom. The summed E-state index contributed by atoms with van der Waals surface area (Å²) < 4.78 is 25.7. The number of aromatic nitrogens is 1. The molecule has 0 radical (unpaired) electrons. The first kappa shape index (κ1) is 26.8. The second-order valence-electron chi connectivity index (χ2n) is 10.8. The van der Waals surface area contributed by atoms with Gasteiger partial charge in [-0.05, 0) is 61.5 Å². The van der Waals surface area contributed by atoms with Crippen LogP contribution in [0.25, 0.3) is 10.2 Å². The molecule has 2 N–H and O–H groups in total. The number of rotatable bonds is 7. The number of hydrogen-bond acceptors (Lipinski definition) is 8. The molecule has 216 valence electrons. The van der Waals surface area contributed by atoms with Crippen molar-refractivity contribution in [1.29, 1.82) is 0 Å². The third-order valence-corrected chi connectivity index (χ3v) is 9.22. The average molecular weight is 588 g/mol. The van der Waals surface area contributed by atoms with Gasteiger partial charge in [0, 0.05) is 48.4 Å². The Labute approximate surface area is 246 Å². The van der Waals surface area contributed by atoms with Crippen LogP contribution in [0.5, 0.6) is 11.5 Å². The Morgan fingerprint density at radius 2 is 1.76 bits per heavy atom. The van der Waals surface area contributed by atoms with E-state index in [1.807, 2.05) is 12.1 Å². The minimum atomic E-state index is -0.608. The molecule has 5 heterocycles. The fraction of sp³-hybridized carbons (Fsp3) is 0.323. The van der Waals surface area contributed by atoms with E-state index in [1.54, 1.807) is 24.3 Å². The van der Waals surface area contributed by atoms with Crippen LogP contribution in [0.4, 0.5) is 15.8 Å². The summed E-state index contributed by atoms with van der Waals surface area (Å²) in [6, 6.07) is 16.0. The Bertz CT molecular complexity index is 1690. The Morgan fingerprint density at radius 3 is 2.57 bits per heavy atom. The minimum Gasteiger partial charge on any atom is -0.486 e. The van der Waals surface area contributed by atoms with Crippen molar-refractivity contribution in [3.63, 3.8) is 0 Å². The highest BCUT2D eigenvalue weighted by atomic mass is 32.1. The van der Waals surface area contributed by atoms with Gasteiger partial charge in [0.2, 0.25) is 0 Å². The van der Waals surface area contributed by atoms with Crippen molar-refractivity contribution in [2.24, 2.45) is 0 Å². The lowest BCUT2D eigenvalue weighted by Crippen LogP contribution is -2.45. The second-order valence-corrected chi connectivity index (χ2v) is 11.9. The van der Waals surface area contributed by atoms with E-state index in [9.17, 15) is 14.0 Å². The van der Waals surface area contributed by atoms with E-state index < -0.39 is 17.6 Å². The number of pyridine rings is 1. The van der Waals surface area contributed by atoms with Crippen LogP contribution >= 0.6 is 11.3 Å². The Balaban J connectivity index is 1.02. The van der Waals surface area contributed by atoms with Gasteiger partial charge in [0.15, 0.2) is 11.5 Å². The zero-order valence-corrected chi connectivity index (χ0v) is 23.9. The maximum atomic E-state index is 14.7. The van der Waals surface area contributed by atoms with Gasteiger partial charge in [-0.3, -0.25) is 19.4 Å². The van der Waals surface area contributed by atoms with Crippen LogP contribution < -0.4 is 20.1 Å². The predicted octanol–water partition coefficient (Wildman–Crippen LogP) is 4.99. The summed E-state index contributed by atoms with van der Waals surface area (Å²) in [4.78, 5) is 37.1. The van der Waals surface area contributed by atoms with Crippen LogP contribution in [0.1, 0.15) is 39.1 Å². The highest BCUT2D eigenvalue weighted by molar-refractivity contribution is 7.20. The van der Waals surface area contributed by atoms with Gasteiger partial charge in [0.05, 0.1) is 16.3 Å². The molecule has 2 aromatic heterocycles. The van der Waals surface area contributed by atoms with Gasteiger partial charge in [-0.15, -0.1) is 11.3 Å². The molecule has 3 aliphatic heterocycles. The summed E-state index contributed by atoms with van der Waals surface area (Å²) in [7, 11) is 0. The number of carbonyl (C=O) groups excluding carboxylic acids is 2. The van der Waals surface area contributed by atoms with Gasteiger partial charge >= 0.3 is 0 Å². The number of piperazine rings is 1. The van der Waals surface area contributed by atoms with Crippen molar-refractivity contribution >= 4 is 44.7 Å². The topological polar surface area (TPSA) is 96.0 Å². The molecular formula is C31H30FN5O4S. The van der Waals surface area contributed by atoms with Gasteiger partial charge in [-0.1, -0.05) is 13.0 Å². The molecule has 4 aromatic rings. The first-order valence-electron chi connectivity index (χ1n) is 14.1. The van der Waals surface area contributed by atoms with Gasteiger partial charge < -0.3 is 20.1 Å². The van der Waals surface area contributed by atoms with Gasteiger partial charge in [-0.2, -0.15) is 0 Å². The number of fused-ring (bicyclic) bond motifs is 4. The fourth-order valence-electron chi connectivity index (χ4n) is 6.05. The number of hydrogen-bond donors (Lipinski definition) is 2. The number of amides is 2. The SMILES string of the molecule is CCN1C[C@@H]2C[C@H]1CN2Cc1ccc2cc(C(=O)Nc3cc(NC(=O)c4ccc5c(c4)OCCO5)ccc3F)sc2n1. The van der Waals surface area contributed by atoms with Crippen LogP contribution in [0.2, 0.25) is 0 Å². The summed E-state index contributed by atoms with van der Waals surface area (Å²) in [6.07, 6.45) is 1.22. The summed E-state index contributed by atoms with van der Waals surface area (Å²) in [5, 5.41) is 6.27. The molecule has 11 heteroatoms. The Kier molecular flexibility index (Phi) is 7.01. The van der Waals surface area contributed by atoms with Gasteiger partial charge in [0.25, 0.3) is 11.8 Å². The molecule has 3 aliphatic rings. The van der Waals surface area contributed by atoms with Crippen LogP contribution in [0.3, 0.4) is 0 Å². The Hall–Kier alpha value is -4.06. The zero-order chi connectivity index (χ0) is 28.8. The van der Waals surface area contributed by atoms with E-state index in [1.165, 1.54) is 36.0 Å². The molecule has 42 heavy (non-hydrogen) atoms. The average Bonchev–Trinajstić information content (AvgIpc) is 3.72. The number of nitrogens with zero attached hydrogens (tertiary/aromatic N) is 3. The number of anilines is 2. The molecule has 2 aromatic carbocycles. The molecule has 0 unspecified atom stereocenters. The lowest BCUT2D eigenvalue weighted by Gasteiger charge is -2.33. The van der Waals surface area contributed by atoms with E-state index in [-0.39, 0.29) is 5.69 Å². The van der Waals surface area contributed by atoms with Crippen molar-refractivity contribution in [2.45, 2.75) is 32.0 Å². The summed E-state index contributed by atoms with van der Waals surface area (Å²) in [6.45, 7) is 7.17. The molecule has 2 amide bonds. The molecular weight excluding hydrogens is 557 g/mol. The lowest BCUT2D eigenvalue weighted by atomic mass is 10.1. The van der Waals surface area contributed by atoms with Crippen molar-refractivity contribution in [1.82, 2.24) is 14.8 Å². The van der Waals surface area contributed by atoms with E-state index in [0.717, 1.165) is 42.1 Å². The number of likely N-dealkylation sites (N-methyl/N-ethyl adjacent to an activating group) is 1. The van der Waals surface area contributed by atoms with Crippen LogP contribution in [0.15, 0.2) is 54.6 Å². The number of carbonyl (C=O) groups is 2. The maximum absolute atomic E-state index is 14.7. The standard InChI is InChI=1S/C31H30FN5O4S/c1-2-36-16-23-14-22(36)17-37(23)15-21-5-3-19-12-28(42-31(19)34-21)30(39)35-25-13-20(6-7-24(25)32)33-29(38)18-4-8-26-27(11-18)41-10-9-40-26/h3-8,11-13,22-23H,2,9-10,14-17H2,1H3,(H,33,38)(H,35,39)/t22-,23-/m0/s1. The maximum Gasteiger partial charge on any atom is 0.265 e. The normalized spacial score (nSPS) is 19.8. The van der Waals surface area contributed by atoms with E-state index in [0.29, 0.717) is 52.9 Å². The first-order chi connectivity index (χ1) is 20.4. The quantitative estimate of drug-likeness (QED) is 0.315. The highest BCUT2D eigenvalue weighted by Gasteiger charge is 2.42. The molecule has 2 bridgehead atoms. The molecule has 2 fully saturated rings. The molecule has 7 rings (SSSR count). The van der Waals surface area contributed by atoms with E-state index in [2.05, 4.69) is 27.4 Å².